The molecule has 6 nitrogen and oxygen atoms in total. The summed E-state index contributed by atoms with van der Waals surface area (Å²) in [6.07, 6.45) is 1.44. The number of halogens is 1. The average Bonchev–Trinajstić information content (AvgIpc) is 3.24. The Labute approximate surface area is 186 Å². The zero-order chi connectivity index (χ0) is 22.0. The first kappa shape index (κ1) is 20.8. The Balaban J connectivity index is 1.93. The number of fused-ring (bicyclic) bond motifs is 1. The molecule has 0 aliphatic carbocycles. The molecule has 1 N–H and O–H groups in total. The van der Waals surface area contributed by atoms with Crippen LogP contribution in [-0.2, 0) is 4.74 Å². The molecule has 2 aromatic carbocycles. The predicted octanol–water partition coefficient (Wildman–Crippen LogP) is 5.34. The number of para-hydroxylation sites is 1. The number of thiophene rings is 1. The maximum absolute atomic E-state index is 13.1. The first-order chi connectivity index (χ1) is 15.0. The number of nitrogens with zero attached hydrogens (tertiary/aromatic N) is 2. The summed E-state index contributed by atoms with van der Waals surface area (Å²) in [5.41, 5.74) is 0.627. The summed E-state index contributed by atoms with van der Waals surface area (Å²) in [5.74, 6) is -0.763. The van der Waals surface area contributed by atoms with Crippen LogP contribution < -0.4 is 5.56 Å². The van der Waals surface area contributed by atoms with E-state index >= 15 is 0 Å². The molecule has 0 fully saturated rings. The molecule has 2 aromatic heterocycles. The maximum Gasteiger partial charge on any atom is 0.341 e. The quantitative estimate of drug-likeness (QED) is 0.327. The molecule has 156 valence electrons. The van der Waals surface area contributed by atoms with Gasteiger partial charge in [0.15, 0.2) is 0 Å². The lowest BCUT2D eigenvalue weighted by atomic mass is 10.1. The van der Waals surface area contributed by atoms with Crippen molar-refractivity contribution in [3.05, 3.63) is 86.5 Å². The van der Waals surface area contributed by atoms with Gasteiger partial charge >= 0.3 is 5.97 Å². The molecule has 0 saturated carbocycles. The van der Waals surface area contributed by atoms with Gasteiger partial charge in [-0.15, -0.1) is 11.3 Å². The number of benzene rings is 2. The molecule has 0 amide bonds. The zero-order valence-electron chi connectivity index (χ0n) is 16.4. The van der Waals surface area contributed by atoms with Crippen molar-refractivity contribution in [2.75, 3.05) is 6.61 Å². The van der Waals surface area contributed by atoms with E-state index in [0.29, 0.717) is 37.6 Å². The number of aliphatic imine (C=N–C) groups is 1. The average molecular weight is 453 g/mol. The summed E-state index contributed by atoms with van der Waals surface area (Å²) in [6.45, 7) is 1.99. The van der Waals surface area contributed by atoms with Crippen molar-refractivity contribution in [1.82, 2.24) is 4.57 Å². The largest absolute Gasteiger partial charge is 0.494 e. The standard InChI is InChI=1S/C23H17ClN2O4S/c1-2-30-23(29)16-11-12-31-20(16)25-13-17-14-7-3-4-8-15(14)21(27)26(22(17)28)19-10-6-5-9-18(19)24/h3-13,28H,2H2,1H3/b25-13+. The molecule has 0 aliphatic heterocycles. The predicted molar refractivity (Wildman–Crippen MR) is 124 cm³/mol. The molecule has 31 heavy (non-hydrogen) atoms. The van der Waals surface area contributed by atoms with Gasteiger partial charge in [-0.05, 0) is 36.6 Å². The van der Waals surface area contributed by atoms with Crippen LogP contribution in [0.2, 0.25) is 5.02 Å². The van der Waals surface area contributed by atoms with Gasteiger partial charge in [-0.3, -0.25) is 4.79 Å². The smallest absolute Gasteiger partial charge is 0.341 e. The van der Waals surface area contributed by atoms with Crippen molar-refractivity contribution in [3.8, 4) is 11.6 Å². The highest BCUT2D eigenvalue weighted by Crippen LogP contribution is 2.31. The lowest BCUT2D eigenvalue weighted by molar-refractivity contribution is 0.0528. The maximum atomic E-state index is 13.1. The highest BCUT2D eigenvalue weighted by atomic mass is 35.5. The first-order valence-corrected chi connectivity index (χ1v) is 10.7. The number of carbonyl (C=O) groups is 1. The van der Waals surface area contributed by atoms with Gasteiger partial charge < -0.3 is 9.84 Å². The summed E-state index contributed by atoms with van der Waals surface area (Å²) in [7, 11) is 0. The Morgan fingerprint density at radius 3 is 2.61 bits per heavy atom. The molecule has 0 spiro atoms. The molecule has 4 rings (SSSR count). The fourth-order valence-corrected chi connectivity index (χ4v) is 4.18. The van der Waals surface area contributed by atoms with Gasteiger partial charge in [0.1, 0.15) is 5.00 Å². The molecule has 2 heterocycles. The van der Waals surface area contributed by atoms with Crippen molar-refractivity contribution >= 4 is 50.9 Å². The highest BCUT2D eigenvalue weighted by Gasteiger charge is 2.18. The number of hydrogen-bond donors (Lipinski definition) is 1. The van der Waals surface area contributed by atoms with Crippen molar-refractivity contribution in [2.45, 2.75) is 6.92 Å². The summed E-state index contributed by atoms with van der Waals surface area (Å²) in [5, 5.41) is 14.5. The van der Waals surface area contributed by atoms with Crippen molar-refractivity contribution in [3.63, 3.8) is 0 Å². The fraction of sp³-hybridized carbons (Fsp3) is 0.0870. The van der Waals surface area contributed by atoms with E-state index < -0.39 is 11.5 Å². The number of esters is 1. The molecule has 4 aromatic rings. The van der Waals surface area contributed by atoms with Crippen LogP contribution in [0.15, 0.2) is 69.8 Å². The van der Waals surface area contributed by atoms with Crippen molar-refractivity contribution in [2.24, 2.45) is 4.99 Å². The van der Waals surface area contributed by atoms with Crippen LogP contribution in [0.1, 0.15) is 22.8 Å². The van der Waals surface area contributed by atoms with Gasteiger partial charge in [0, 0.05) is 17.0 Å². The van der Waals surface area contributed by atoms with Crippen LogP contribution in [-0.4, -0.2) is 28.5 Å². The Morgan fingerprint density at radius 1 is 1.16 bits per heavy atom. The SMILES string of the molecule is CCOC(=O)c1ccsc1/N=C/c1c(O)n(-c2ccccc2Cl)c(=O)c2ccccc12. The van der Waals surface area contributed by atoms with Crippen LogP contribution in [0.25, 0.3) is 16.5 Å². The van der Waals surface area contributed by atoms with Gasteiger partial charge in [-0.1, -0.05) is 41.9 Å². The summed E-state index contributed by atoms with van der Waals surface area (Å²) in [4.78, 5) is 29.7. The van der Waals surface area contributed by atoms with E-state index in [-0.39, 0.29) is 12.5 Å². The van der Waals surface area contributed by atoms with Crippen LogP contribution in [0, 0.1) is 0 Å². The number of rotatable bonds is 5. The third-order valence-corrected chi connectivity index (χ3v) is 5.79. The van der Waals surface area contributed by atoms with E-state index in [1.165, 1.54) is 17.6 Å². The Morgan fingerprint density at radius 2 is 1.87 bits per heavy atom. The van der Waals surface area contributed by atoms with Gasteiger partial charge in [-0.2, -0.15) is 0 Å². The minimum atomic E-state index is -0.467. The second-order valence-electron chi connectivity index (χ2n) is 6.49. The van der Waals surface area contributed by atoms with Gasteiger partial charge in [0.25, 0.3) is 5.56 Å². The monoisotopic (exact) mass is 452 g/mol. The van der Waals surface area contributed by atoms with E-state index in [1.807, 2.05) is 0 Å². The van der Waals surface area contributed by atoms with Crippen LogP contribution in [0.3, 0.4) is 0 Å². The van der Waals surface area contributed by atoms with E-state index in [4.69, 9.17) is 16.3 Å². The normalized spacial score (nSPS) is 11.3. The molecular formula is C23H17ClN2O4S. The van der Waals surface area contributed by atoms with Gasteiger partial charge in [0.05, 0.1) is 28.4 Å². The molecule has 0 aliphatic rings. The second kappa shape index (κ2) is 8.75. The van der Waals surface area contributed by atoms with E-state index in [9.17, 15) is 14.7 Å². The minimum Gasteiger partial charge on any atom is -0.494 e. The molecule has 0 unspecified atom stereocenters. The van der Waals surface area contributed by atoms with Crippen LogP contribution >= 0.6 is 22.9 Å². The highest BCUT2D eigenvalue weighted by molar-refractivity contribution is 7.14. The van der Waals surface area contributed by atoms with Crippen molar-refractivity contribution < 1.29 is 14.6 Å². The van der Waals surface area contributed by atoms with E-state index in [1.54, 1.807) is 66.9 Å². The number of hydrogen-bond acceptors (Lipinski definition) is 6. The summed E-state index contributed by atoms with van der Waals surface area (Å²) in [6, 6.07) is 15.3. The first-order valence-electron chi connectivity index (χ1n) is 9.43. The number of pyridine rings is 1. The lowest BCUT2D eigenvalue weighted by Gasteiger charge is -2.14. The summed E-state index contributed by atoms with van der Waals surface area (Å²) < 4.78 is 6.22. The van der Waals surface area contributed by atoms with E-state index in [0.717, 1.165) is 4.57 Å². The Hall–Kier alpha value is -3.42. The molecular weight excluding hydrogens is 436 g/mol. The molecule has 8 heteroatoms. The molecule has 0 radical (unpaired) electrons. The topological polar surface area (TPSA) is 80.9 Å². The van der Waals surface area contributed by atoms with Crippen LogP contribution in [0.4, 0.5) is 5.00 Å². The lowest BCUT2D eigenvalue weighted by Crippen LogP contribution is -2.20. The molecule has 0 atom stereocenters. The molecule has 0 saturated heterocycles. The Kier molecular flexibility index (Phi) is 5.88. The van der Waals surface area contributed by atoms with Crippen molar-refractivity contribution in [1.29, 1.82) is 0 Å². The number of aromatic hydroxyl groups is 1. The third-order valence-electron chi connectivity index (χ3n) is 4.65. The van der Waals surface area contributed by atoms with Gasteiger partial charge in [0.2, 0.25) is 5.88 Å². The molecule has 0 bridgehead atoms. The second-order valence-corrected chi connectivity index (χ2v) is 7.79. The van der Waals surface area contributed by atoms with E-state index in [2.05, 4.69) is 4.99 Å². The van der Waals surface area contributed by atoms with Crippen LogP contribution in [0.5, 0.6) is 5.88 Å². The number of ether oxygens (including phenoxy) is 1. The fourth-order valence-electron chi connectivity index (χ4n) is 3.23. The summed E-state index contributed by atoms with van der Waals surface area (Å²) >= 11 is 7.57. The zero-order valence-corrected chi connectivity index (χ0v) is 18.0. The number of aromatic nitrogens is 1. The Bertz CT molecular complexity index is 1370. The third kappa shape index (κ3) is 3.85. The van der Waals surface area contributed by atoms with Gasteiger partial charge in [-0.25, -0.2) is 14.4 Å². The minimum absolute atomic E-state index is 0.256. The number of carbonyl (C=O) groups excluding carboxylic acids is 1.